The second kappa shape index (κ2) is 6.06. The van der Waals surface area contributed by atoms with Crippen LogP contribution in [0.2, 0.25) is 0 Å². The van der Waals surface area contributed by atoms with E-state index in [4.69, 9.17) is 5.11 Å². The van der Waals surface area contributed by atoms with Crippen LogP contribution in [0.1, 0.15) is 71.6 Å². The first-order valence-electron chi connectivity index (χ1n) is 11.9. The van der Waals surface area contributed by atoms with Gasteiger partial charge >= 0.3 is 0 Å². The highest BCUT2D eigenvalue weighted by Crippen LogP contribution is 2.67. The minimum absolute atomic E-state index is 0.0690. The Labute approximate surface area is 174 Å². The van der Waals surface area contributed by atoms with Crippen LogP contribution in [-0.2, 0) is 0 Å². The summed E-state index contributed by atoms with van der Waals surface area (Å²) < 4.78 is 0. The average Bonchev–Trinajstić information content (AvgIpc) is 3.03. The normalized spacial score (nSPS) is 50.2. The van der Waals surface area contributed by atoms with Gasteiger partial charge in [0.15, 0.2) is 5.66 Å². The summed E-state index contributed by atoms with van der Waals surface area (Å²) >= 11 is 0. The maximum atomic E-state index is 10.7. The van der Waals surface area contributed by atoms with Crippen molar-refractivity contribution in [3.05, 3.63) is 24.3 Å². The Morgan fingerprint density at radius 1 is 0.931 bits per heavy atom. The number of aliphatic hydroxyl groups excluding tert-OH is 1. The Balaban J connectivity index is 1.26. The predicted molar refractivity (Wildman–Crippen MR) is 115 cm³/mol. The van der Waals surface area contributed by atoms with Crippen molar-refractivity contribution in [1.82, 2.24) is 0 Å². The van der Waals surface area contributed by atoms with Gasteiger partial charge in [0.25, 0.3) is 0 Å². The minimum atomic E-state index is -0.196. The molecule has 29 heavy (non-hydrogen) atoms. The average molecular weight is 394 g/mol. The molecule has 4 fully saturated rings. The Morgan fingerprint density at radius 2 is 1.76 bits per heavy atom. The molecule has 4 heteroatoms. The number of anilines is 1. The van der Waals surface area contributed by atoms with E-state index in [9.17, 15) is 5.11 Å². The second-order valence-corrected chi connectivity index (χ2v) is 11.4. The van der Waals surface area contributed by atoms with Crippen molar-refractivity contribution in [1.29, 1.82) is 0 Å². The first kappa shape index (κ1) is 18.4. The molecule has 0 aromatic heterocycles. The lowest BCUT2D eigenvalue weighted by Gasteiger charge is -2.62. The third-order valence-corrected chi connectivity index (χ3v) is 10.3. The summed E-state index contributed by atoms with van der Waals surface area (Å²) in [6, 6.07) is 8.32. The van der Waals surface area contributed by atoms with Crippen LogP contribution in [0.15, 0.2) is 34.5 Å². The van der Waals surface area contributed by atoms with Gasteiger partial charge in [-0.25, -0.2) is 0 Å². The highest BCUT2D eigenvalue weighted by atomic mass is 16.3. The Bertz CT molecular complexity index is 854. The lowest BCUT2D eigenvalue weighted by atomic mass is 9.44. The number of benzene rings is 1. The molecule has 1 heterocycles. The van der Waals surface area contributed by atoms with E-state index in [2.05, 4.69) is 36.4 Å². The van der Waals surface area contributed by atoms with Crippen molar-refractivity contribution in [2.75, 3.05) is 5.32 Å². The Morgan fingerprint density at radius 3 is 2.66 bits per heavy atom. The van der Waals surface area contributed by atoms with E-state index in [0.29, 0.717) is 5.41 Å². The maximum Gasteiger partial charge on any atom is 0.151 e. The van der Waals surface area contributed by atoms with Crippen LogP contribution in [0.3, 0.4) is 0 Å². The Hall–Kier alpha value is -1.42. The van der Waals surface area contributed by atoms with Gasteiger partial charge in [-0.15, -0.1) is 0 Å². The number of nitrogens with zero attached hydrogens (tertiary/aromatic N) is 2. The molecule has 0 bridgehead atoms. The van der Waals surface area contributed by atoms with Crippen LogP contribution < -0.4 is 5.32 Å². The summed E-state index contributed by atoms with van der Waals surface area (Å²) in [7, 11) is 0. The van der Waals surface area contributed by atoms with Gasteiger partial charge in [-0.3, -0.25) is 0 Å². The van der Waals surface area contributed by atoms with Gasteiger partial charge in [-0.2, -0.15) is 10.2 Å². The van der Waals surface area contributed by atoms with Gasteiger partial charge < -0.3 is 10.4 Å². The van der Waals surface area contributed by atoms with Gasteiger partial charge in [-0.1, -0.05) is 26.0 Å². The van der Waals surface area contributed by atoms with Crippen molar-refractivity contribution >= 4 is 11.4 Å². The van der Waals surface area contributed by atoms with Gasteiger partial charge in [0.2, 0.25) is 0 Å². The number of fused-ring (bicyclic) bond motifs is 6. The van der Waals surface area contributed by atoms with Crippen molar-refractivity contribution in [2.24, 2.45) is 44.7 Å². The molecule has 4 saturated carbocycles. The van der Waals surface area contributed by atoms with Crippen molar-refractivity contribution in [3.63, 3.8) is 0 Å². The van der Waals surface area contributed by atoms with Crippen molar-refractivity contribution in [2.45, 2.75) is 83.4 Å². The van der Waals surface area contributed by atoms with Gasteiger partial charge in [0, 0.05) is 0 Å². The standard InChI is InChI=1S/C25H35N3O/c1-23-13-14-25(26-20-5-3-4-6-21(20)27-28-25)15-16(23)7-8-17-18-9-10-22(29)24(18,2)12-11-19(17)23/h3-6,16-19,22,26,29H,7-15H2,1-2H3/t16-,17-,18-,19-,22?,23-,24-,25?/m0/s1. The second-order valence-electron chi connectivity index (χ2n) is 11.4. The highest BCUT2D eigenvalue weighted by molar-refractivity contribution is 5.67. The maximum absolute atomic E-state index is 10.7. The van der Waals surface area contributed by atoms with E-state index in [-0.39, 0.29) is 17.2 Å². The molecular weight excluding hydrogens is 358 g/mol. The topological polar surface area (TPSA) is 57.0 Å². The SMILES string of the molecule is C[C@]12CCC3(C[C@@H]1CC[C@@H]1[C@@H]2CC[C@]2(C)C(O)CC[C@@H]12)N=Nc1ccccc1N3. The number of rotatable bonds is 0. The van der Waals surface area contributed by atoms with Crippen LogP contribution in [0.4, 0.5) is 11.4 Å². The van der Waals surface area contributed by atoms with Gasteiger partial charge in [-0.05, 0) is 104 Å². The molecule has 1 aromatic rings. The van der Waals surface area contributed by atoms with Crippen LogP contribution in [0.25, 0.3) is 0 Å². The van der Waals surface area contributed by atoms with Crippen molar-refractivity contribution < 1.29 is 5.11 Å². The molecule has 1 aliphatic heterocycles. The number of nitrogens with one attached hydrogen (secondary N) is 1. The van der Waals surface area contributed by atoms with Crippen LogP contribution >= 0.6 is 0 Å². The predicted octanol–water partition coefficient (Wildman–Crippen LogP) is 6.30. The molecule has 0 saturated heterocycles. The molecule has 6 rings (SSSR count). The molecule has 0 amide bonds. The third-order valence-electron chi connectivity index (χ3n) is 10.3. The van der Waals surface area contributed by atoms with Crippen LogP contribution in [0.5, 0.6) is 0 Å². The molecule has 4 nitrogen and oxygen atoms in total. The smallest absolute Gasteiger partial charge is 0.151 e. The highest BCUT2D eigenvalue weighted by Gasteiger charge is 2.61. The third kappa shape index (κ3) is 2.47. The summed E-state index contributed by atoms with van der Waals surface area (Å²) in [6.45, 7) is 4.99. The number of aliphatic hydroxyl groups is 1. The largest absolute Gasteiger partial charge is 0.393 e. The zero-order chi connectivity index (χ0) is 19.9. The van der Waals surface area contributed by atoms with E-state index < -0.39 is 0 Å². The fourth-order valence-corrected chi connectivity index (χ4v) is 8.51. The van der Waals surface area contributed by atoms with E-state index in [0.717, 1.165) is 54.3 Å². The lowest BCUT2D eigenvalue weighted by Crippen LogP contribution is -2.57. The summed E-state index contributed by atoms with van der Waals surface area (Å²) in [5.74, 6) is 3.12. The zero-order valence-electron chi connectivity index (χ0n) is 17.9. The molecular formula is C25H35N3O. The van der Waals surface area contributed by atoms with Gasteiger partial charge in [0.1, 0.15) is 5.69 Å². The van der Waals surface area contributed by atoms with Crippen molar-refractivity contribution in [3.8, 4) is 0 Å². The zero-order valence-corrected chi connectivity index (χ0v) is 17.9. The quantitative estimate of drug-likeness (QED) is 0.544. The fraction of sp³-hybridized carbons (Fsp3) is 0.760. The molecule has 156 valence electrons. The molecule has 5 aliphatic rings. The van der Waals surface area contributed by atoms with E-state index in [1.165, 1.54) is 38.5 Å². The first-order valence-corrected chi connectivity index (χ1v) is 11.9. The summed E-state index contributed by atoms with van der Waals surface area (Å²) in [5, 5.41) is 23.9. The van der Waals surface area contributed by atoms with Gasteiger partial charge in [0.05, 0.1) is 11.8 Å². The van der Waals surface area contributed by atoms with E-state index in [1.54, 1.807) is 0 Å². The number of hydrogen-bond acceptors (Lipinski definition) is 4. The van der Waals surface area contributed by atoms with Crippen LogP contribution in [-0.4, -0.2) is 16.9 Å². The lowest BCUT2D eigenvalue weighted by molar-refractivity contribution is -0.127. The Kier molecular flexibility index (Phi) is 3.83. The molecule has 2 N–H and O–H groups in total. The molecule has 8 atom stereocenters. The summed E-state index contributed by atoms with van der Waals surface area (Å²) in [4.78, 5) is 0. The molecule has 2 unspecified atom stereocenters. The van der Waals surface area contributed by atoms with Crippen LogP contribution in [0, 0.1) is 34.5 Å². The molecule has 1 aromatic carbocycles. The monoisotopic (exact) mass is 393 g/mol. The minimum Gasteiger partial charge on any atom is -0.393 e. The van der Waals surface area contributed by atoms with E-state index in [1.807, 2.05) is 12.1 Å². The number of para-hydroxylation sites is 1. The fourth-order valence-electron chi connectivity index (χ4n) is 8.51. The molecule has 4 aliphatic carbocycles. The summed E-state index contributed by atoms with van der Waals surface area (Å²) in [6.07, 6.45) is 10.9. The van der Waals surface area contributed by atoms with E-state index >= 15 is 0 Å². The summed E-state index contributed by atoms with van der Waals surface area (Å²) in [5.41, 5.74) is 2.54. The number of hydrogen-bond donors (Lipinski definition) is 2. The number of azo groups is 1. The molecule has 1 spiro atoms. The first-order chi connectivity index (χ1) is 13.9. The molecule has 0 radical (unpaired) electrons.